The second-order valence-electron chi connectivity index (χ2n) is 4.04. The van der Waals surface area contributed by atoms with Crippen LogP contribution < -0.4 is 10.4 Å². The van der Waals surface area contributed by atoms with Crippen LogP contribution in [0.5, 0.6) is 0 Å². The minimum atomic E-state index is -1.82. The number of nitro groups is 1. The van der Waals surface area contributed by atoms with Gasteiger partial charge in [0.2, 0.25) is 5.95 Å². The number of hydrogen-bond acceptors (Lipinski definition) is 8. The number of halogens is 1. The average molecular weight is 350 g/mol. The first-order valence-electron chi connectivity index (χ1n) is 6.06. The zero-order valence-electron chi connectivity index (χ0n) is 11.6. The monoisotopic (exact) mass is 350 g/mol. The van der Waals surface area contributed by atoms with Gasteiger partial charge in [-0.05, 0) is 12.1 Å². The number of carboxylic acid groups (broad SMARTS) is 1. The van der Waals surface area contributed by atoms with Crippen LogP contribution in [0.2, 0.25) is 0 Å². The molecule has 1 aromatic heterocycles. The van der Waals surface area contributed by atoms with Gasteiger partial charge in [-0.15, -0.1) is 5.12 Å². The highest BCUT2D eigenvalue weighted by molar-refractivity contribution is 8.03. The van der Waals surface area contributed by atoms with E-state index in [-0.39, 0.29) is 22.3 Å². The molecular weight excluding hydrogens is 343 g/mol. The Labute approximate surface area is 137 Å². The Morgan fingerprint density at radius 3 is 2.83 bits per heavy atom. The molecule has 0 radical (unpaired) electrons. The number of nitrogens with one attached hydrogen (secondary N) is 1. The van der Waals surface area contributed by atoms with E-state index in [0.717, 1.165) is 6.20 Å². The van der Waals surface area contributed by atoms with Crippen molar-refractivity contribution >= 4 is 40.9 Å². The van der Waals surface area contributed by atoms with Gasteiger partial charge in [0.1, 0.15) is 17.3 Å². The van der Waals surface area contributed by atoms with Crippen molar-refractivity contribution < 1.29 is 19.3 Å². The van der Waals surface area contributed by atoms with E-state index in [2.05, 4.69) is 15.3 Å². The number of nitrogens with zero attached hydrogens (tertiary/aromatic N) is 5. The third-order valence-corrected chi connectivity index (χ3v) is 3.19. The van der Waals surface area contributed by atoms with Crippen LogP contribution in [0.15, 0.2) is 35.5 Å². The molecule has 2 rings (SSSR count). The maximum atomic E-state index is 13.6. The van der Waals surface area contributed by atoms with Gasteiger partial charge in [0.05, 0.1) is 10.6 Å². The smallest absolute Gasteiger partial charge is 0.440 e. The number of amides is 1. The van der Waals surface area contributed by atoms with Crippen molar-refractivity contribution in [1.29, 1.82) is 5.26 Å². The van der Waals surface area contributed by atoms with Gasteiger partial charge in [-0.25, -0.2) is 9.78 Å². The maximum Gasteiger partial charge on any atom is 0.440 e. The van der Waals surface area contributed by atoms with E-state index >= 15 is 0 Å². The number of anilines is 3. The highest BCUT2D eigenvalue weighted by Crippen LogP contribution is 2.30. The van der Waals surface area contributed by atoms with Crippen molar-refractivity contribution in [2.45, 2.75) is 5.03 Å². The Morgan fingerprint density at radius 1 is 1.50 bits per heavy atom. The standard InChI is InChI=1S/C12H7FN6O4S/c13-18(12(20)21)8-4-2-1-3-7(8)16-11-15-5-9(19(22)23)10(17-11)24-6-14/h1-5H,(H,20,21)(H,15,16,17). The van der Waals surface area contributed by atoms with Crippen LogP contribution in [-0.4, -0.2) is 26.1 Å². The Kier molecular flexibility index (Phi) is 5.07. The predicted molar refractivity (Wildman–Crippen MR) is 81.5 cm³/mol. The molecule has 0 spiro atoms. The first kappa shape index (κ1) is 16.9. The lowest BCUT2D eigenvalue weighted by atomic mass is 10.2. The molecular formula is C12H7FN6O4S. The number of para-hydroxylation sites is 2. The van der Waals surface area contributed by atoms with E-state index in [4.69, 9.17) is 10.4 Å². The number of thiocyanates is 1. The minimum absolute atomic E-state index is 0.0177. The molecule has 0 aliphatic rings. The highest BCUT2D eigenvalue weighted by Gasteiger charge is 2.20. The van der Waals surface area contributed by atoms with Gasteiger partial charge < -0.3 is 10.4 Å². The molecule has 0 aliphatic carbocycles. The molecule has 10 nitrogen and oxygen atoms in total. The summed E-state index contributed by atoms with van der Waals surface area (Å²) in [5.41, 5.74) is -0.761. The first-order valence-corrected chi connectivity index (χ1v) is 6.88. The quantitative estimate of drug-likeness (QED) is 0.207. The molecule has 0 fully saturated rings. The van der Waals surface area contributed by atoms with Gasteiger partial charge >= 0.3 is 11.8 Å². The summed E-state index contributed by atoms with van der Waals surface area (Å²) in [7, 11) is 0. The summed E-state index contributed by atoms with van der Waals surface area (Å²) in [4.78, 5) is 28.4. The van der Waals surface area contributed by atoms with Gasteiger partial charge in [0.15, 0.2) is 5.03 Å². The molecule has 2 aromatic rings. The molecule has 2 N–H and O–H groups in total. The zero-order chi connectivity index (χ0) is 17.7. The number of aromatic nitrogens is 2. The van der Waals surface area contributed by atoms with Gasteiger partial charge in [0.25, 0.3) is 0 Å². The van der Waals surface area contributed by atoms with Gasteiger partial charge in [-0.2, -0.15) is 10.2 Å². The molecule has 0 aliphatic heterocycles. The highest BCUT2D eigenvalue weighted by atomic mass is 32.2. The fraction of sp³-hybridized carbons (Fsp3) is 0. The Morgan fingerprint density at radius 2 is 2.21 bits per heavy atom. The fourth-order valence-electron chi connectivity index (χ4n) is 1.64. The molecule has 12 heteroatoms. The van der Waals surface area contributed by atoms with Crippen molar-refractivity contribution in [1.82, 2.24) is 9.97 Å². The molecule has 1 amide bonds. The Hall–Kier alpha value is -3.46. The van der Waals surface area contributed by atoms with Crippen LogP contribution in [-0.2, 0) is 0 Å². The van der Waals surface area contributed by atoms with Gasteiger partial charge in [0, 0.05) is 11.8 Å². The van der Waals surface area contributed by atoms with E-state index < -0.39 is 21.8 Å². The van der Waals surface area contributed by atoms with E-state index in [1.807, 2.05) is 0 Å². The van der Waals surface area contributed by atoms with Gasteiger partial charge in [-0.1, -0.05) is 16.6 Å². The summed E-state index contributed by atoms with van der Waals surface area (Å²) in [6.45, 7) is 0. The van der Waals surface area contributed by atoms with Crippen LogP contribution in [0.25, 0.3) is 0 Å². The van der Waals surface area contributed by atoms with E-state index in [1.54, 1.807) is 5.40 Å². The van der Waals surface area contributed by atoms with Crippen molar-refractivity contribution in [3.05, 3.63) is 40.6 Å². The number of rotatable bonds is 5. The van der Waals surface area contributed by atoms with Crippen molar-refractivity contribution in [2.75, 3.05) is 10.4 Å². The van der Waals surface area contributed by atoms with Crippen LogP contribution in [0.3, 0.4) is 0 Å². The second-order valence-corrected chi connectivity index (χ2v) is 4.81. The predicted octanol–water partition coefficient (Wildman–Crippen LogP) is 3.07. The molecule has 0 bridgehead atoms. The molecule has 122 valence electrons. The summed E-state index contributed by atoms with van der Waals surface area (Å²) in [5.74, 6) is -0.162. The summed E-state index contributed by atoms with van der Waals surface area (Å²) in [6, 6.07) is 5.50. The zero-order valence-corrected chi connectivity index (χ0v) is 12.4. The lowest BCUT2D eigenvalue weighted by Gasteiger charge is -2.13. The third-order valence-electron chi connectivity index (χ3n) is 2.60. The second kappa shape index (κ2) is 7.20. The average Bonchev–Trinajstić information content (AvgIpc) is 2.55. The van der Waals surface area contributed by atoms with Crippen LogP contribution in [0, 0.1) is 20.8 Å². The molecule has 24 heavy (non-hydrogen) atoms. The number of carbonyl (C=O) groups is 1. The SMILES string of the molecule is N#CSc1nc(Nc2ccccc2N(F)C(=O)O)ncc1[N+](=O)[O-]. The van der Waals surface area contributed by atoms with E-state index in [9.17, 15) is 19.4 Å². The normalized spacial score (nSPS) is 9.83. The largest absolute Gasteiger partial charge is 0.463 e. The van der Waals surface area contributed by atoms with E-state index in [1.165, 1.54) is 24.3 Å². The summed E-state index contributed by atoms with van der Waals surface area (Å²) < 4.78 is 13.6. The minimum Gasteiger partial charge on any atom is -0.463 e. The number of benzene rings is 1. The van der Waals surface area contributed by atoms with Crippen LogP contribution in [0.1, 0.15) is 0 Å². The van der Waals surface area contributed by atoms with Gasteiger partial charge in [-0.3, -0.25) is 10.1 Å². The Bertz CT molecular complexity index is 843. The molecule has 0 saturated heterocycles. The van der Waals surface area contributed by atoms with Crippen molar-refractivity contribution in [2.24, 2.45) is 0 Å². The number of nitriles is 1. The van der Waals surface area contributed by atoms with Crippen LogP contribution >= 0.6 is 11.8 Å². The van der Waals surface area contributed by atoms with E-state index in [0.29, 0.717) is 11.8 Å². The third kappa shape index (κ3) is 3.65. The number of thioether (sulfide) groups is 1. The lowest BCUT2D eigenvalue weighted by Crippen LogP contribution is -2.20. The molecule has 1 heterocycles. The lowest BCUT2D eigenvalue weighted by molar-refractivity contribution is -0.388. The molecule has 1 aromatic carbocycles. The molecule has 0 unspecified atom stereocenters. The van der Waals surface area contributed by atoms with Crippen molar-refractivity contribution in [3.8, 4) is 5.40 Å². The van der Waals surface area contributed by atoms with Crippen LogP contribution in [0.4, 0.5) is 32.3 Å². The molecule has 0 saturated carbocycles. The topological polar surface area (TPSA) is 145 Å². The Balaban J connectivity index is 2.39. The summed E-state index contributed by atoms with van der Waals surface area (Å²) in [5, 5.41) is 31.8. The summed E-state index contributed by atoms with van der Waals surface area (Å²) in [6.07, 6.45) is -0.934. The maximum absolute atomic E-state index is 13.6. The fourth-order valence-corrected chi connectivity index (χ4v) is 2.09. The first-order chi connectivity index (χ1) is 11.4. The number of hydrogen-bond donors (Lipinski definition) is 2. The molecule has 0 atom stereocenters. The summed E-state index contributed by atoms with van der Waals surface area (Å²) >= 11 is 0.465. The van der Waals surface area contributed by atoms with Crippen molar-refractivity contribution in [3.63, 3.8) is 0 Å².